The molecule has 1 aliphatic heterocycles. The van der Waals surface area contributed by atoms with Gasteiger partial charge < -0.3 is 14.8 Å². The normalized spacial score (nSPS) is 15.4. The van der Waals surface area contributed by atoms with E-state index in [9.17, 15) is 0 Å². The molecule has 162 valence electrons. The number of hydrogen-bond acceptors (Lipinski definition) is 4. The second-order valence-electron chi connectivity index (χ2n) is 7.98. The second-order valence-corrected chi connectivity index (χ2v) is 7.98. The van der Waals surface area contributed by atoms with Gasteiger partial charge in [0.15, 0.2) is 11.5 Å². The summed E-state index contributed by atoms with van der Waals surface area (Å²) in [6.07, 6.45) is 3.57. The lowest BCUT2D eigenvalue weighted by Crippen LogP contribution is -2.45. The third-order valence-corrected chi connectivity index (χ3v) is 5.72. The van der Waals surface area contributed by atoms with E-state index < -0.39 is 0 Å². The first-order valence-corrected chi connectivity index (χ1v) is 11.4. The molecule has 0 radical (unpaired) electrons. The Hall–Kier alpha value is -2.82. The number of piperazine rings is 1. The molecule has 1 N–H and O–H groups in total. The van der Waals surface area contributed by atoms with E-state index in [1.54, 1.807) is 0 Å². The molecule has 4 rings (SSSR count). The Kier molecular flexibility index (Phi) is 7.59. The fourth-order valence-electron chi connectivity index (χ4n) is 4.08. The molecule has 1 atom stereocenters. The van der Waals surface area contributed by atoms with Gasteiger partial charge in [0.05, 0.1) is 0 Å². The molecule has 0 spiro atoms. The van der Waals surface area contributed by atoms with Crippen LogP contribution in [0.3, 0.4) is 0 Å². The van der Waals surface area contributed by atoms with Crippen LogP contribution in [-0.4, -0.2) is 31.1 Å². The van der Waals surface area contributed by atoms with Crippen LogP contribution < -0.4 is 14.8 Å². The number of nitrogens with zero attached hydrogens (tertiary/aromatic N) is 1. The van der Waals surface area contributed by atoms with E-state index in [2.05, 4.69) is 35.3 Å². The third-order valence-electron chi connectivity index (χ3n) is 5.72. The Labute approximate surface area is 185 Å². The van der Waals surface area contributed by atoms with E-state index in [1.807, 2.05) is 60.7 Å². The molecule has 0 bridgehead atoms. The van der Waals surface area contributed by atoms with Crippen LogP contribution in [0.15, 0.2) is 78.9 Å². The van der Waals surface area contributed by atoms with Crippen molar-refractivity contribution < 1.29 is 9.47 Å². The molecule has 1 saturated heterocycles. The molecule has 1 aliphatic rings. The van der Waals surface area contributed by atoms with Crippen molar-refractivity contribution in [3.8, 4) is 23.0 Å². The van der Waals surface area contributed by atoms with Crippen LogP contribution >= 0.6 is 0 Å². The van der Waals surface area contributed by atoms with Gasteiger partial charge in [-0.3, -0.25) is 4.90 Å². The van der Waals surface area contributed by atoms with Crippen LogP contribution in [0.25, 0.3) is 0 Å². The molecule has 4 heteroatoms. The van der Waals surface area contributed by atoms with Crippen molar-refractivity contribution >= 4 is 0 Å². The average Bonchev–Trinajstić information content (AvgIpc) is 2.83. The average molecular weight is 417 g/mol. The van der Waals surface area contributed by atoms with Gasteiger partial charge in [-0.05, 0) is 48.4 Å². The number of benzene rings is 3. The summed E-state index contributed by atoms with van der Waals surface area (Å²) in [5, 5.41) is 3.47. The predicted octanol–water partition coefficient (Wildman–Crippen LogP) is 6.41. The molecule has 31 heavy (non-hydrogen) atoms. The van der Waals surface area contributed by atoms with Crippen molar-refractivity contribution in [3.05, 3.63) is 84.4 Å². The standard InChI is InChI=1S/C27H32N2O2/c1-2-3-14-25(29-19-17-28-18-20-29)22-15-16-26(30-23-10-6-4-7-11-23)27(21-22)31-24-12-8-5-9-13-24/h4-13,15-16,21,25,28H,2-3,14,17-20H2,1H3/t25-/m0/s1. The minimum atomic E-state index is 0.394. The topological polar surface area (TPSA) is 33.7 Å². The van der Waals surface area contributed by atoms with Crippen LogP contribution in [0.1, 0.15) is 37.8 Å². The third kappa shape index (κ3) is 5.87. The fraction of sp³-hybridized carbons (Fsp3) is 0.333. The van der Waals surface area contributed by atoms with E-state index in [1.165, 1.54) is 18.4 Å². The van der Waals surface area contributed by atoms with Gasteiger partial charge in [0.2, 0.25) is 0 Å². The summed E-state index contributed by atoms with van der Waals surface area (Å²) >= 11 is 0. The second kappa shape index (κ2) is 11.0. The van der Waals surface area contributed by atoms with Gasteiger partial charge in [-0.25, -0.2) is 0 Å². The number of hydrogen-bond donors (Lipinski definition) is 1. The van der Waals surface area contributed by atoms with Crippen molar-refractivity contribution in [2.24, 2.45) is 0 Å². The maximum absolute atomic E-state index is 6.31. The number of ether oxygens (including phenoxy) is 2. The highest BCUT2D eigenvalue weighted by molar-refractivity contribution is 5.48. The zero-order chi connectivity index (χ0) is 21.3. The molecule has 0 amide bonds. The lowest BCUT2D eigenvalue weighted by atomic mass is 9.98. The van der Waals surface area contributed by atoms with Gasteiger partial charge in [0.1, 0.15) is 11.5 Å². The maximum Gasteiger partial charge on any atom is 0.170 e. The Morgan fingerprint density at radius 1 is 0.806 bits per heavy atom. The van der Waals surface area contributed by atoms with E-state index in [4.69, 9.17) is 9.47 Å². The number of rotatable bonds is 9. The Morgan fingerprint density at radius 2 is 1.42 bits per heavy atom. The number of para-hydroxylation sites is 2. The quantitative estimate of drug-likeness (QED) is 0.437. The molecular formula is C27H32N2O2. The Bertz CT molecular complexity index is 924. The van der Waals surface area contributed by atoms with E-state index in [0.29, 0.717) is 6.04 Å². The van der Waals surface area contributed by atoms with Crippen molar-refractivity contribution in [2.45, 2.75) is 32.2 Å². The summed E-state index contributed by atoms with van der Waals surface area (Å²) in [5.74, 6) is 3.10. The first-order chi connectivity index (χ1) is 15.3. The largest absolute Gasteiger partial charge is 0.453 e. The summed E-state index contributed by atoms with van der Waals surface area (Å²) in [7, 11) is 0. The maximum atomic E-state index is 6.31. The molecule has 3 aromatic rings. The van der Waals surface area contributed by atoms with E-state index >= 15 is 0 Å². The predicted molar refractivity (Wildman–Crippen MR) is 126 cm³/mol. The minimum absolute atomic E-state index is 0.394. The highest BCUT2D eigenvalue weighted by Crippen LogP contribution is 2.39. The molecule has 0 aliphatic carbocycles. The van der Waals surface area contributed by atoms with Crippen LogP contribution in [0, 0.1) is 0 Å². The van der Waals surface area contributed by atoms with Crippen molar-refractivity contribution in [3.63, 3.8) is 0 Å². The SMILES string of the molecule is CCCC[C@@H](c1ccc(Oc2ccccc2)c(Oc2ccccc2)c1)N1CCNCC1. The summed E-state index contributed by atoms with van der Waals surface area (Å²) in [6, 6.07) is 26.6. The molecule has 4 nitrogen and oxygen atoms in total. The van der Waals surface area contributed by atoms with Crippen molar-refractivity contribution in [1.82, 2.24) is 10.2 Å². The lowest BCUT2D eigenvalue weighted by molar-refractivity contribution is 0.163. The molecule has 3 aromatic carbocycles. The van der Waals surface area contributed by atoms with Gasteiger partial charge in [-0.15, -0.1) is 0 Å². The smallest absolute Gasteiger partial charge is 0.170 e. The fourth-order valence-corrected chi connectivity index (χ4v) is 4.08. The van der Waals surface area contributed by atoms with Crippen LogP contribution in [0.2, 0.25) is 0 Å². The van der Waals surface area contributed by atoms with Gasteiger partial charge in [-0.2, -0.15) is 0 Å². The van der Waals surface area contributed by atoms with Crippen LogP contribution in [0.4, 0.5) is 0 Å². The summed E-state index contributed by atoms with van der Waals surface area (Å²) in [5.41, 5.74) is 1.29. The van der Waals surface area contributed by atoms with Crippen molar-refractivity contribution in [2.75, 3.05) is 26.2 Å². The summed E-state index contributed by atoms with van der Waals surface area (Å²) in [6.45, 7) is 6.50. The van der Waals surface area contributed by atoms with Gasteiger partial charge >= 0.3 is 0 Å². The van der Waals surface area contributed by atoms with E-state index in [0.717, 1.165) is 55.6 Å². The lowest BCUT2D eigenvalue weighted by Gasteiger charge is -2.35. The Morgan fingerprint density at radius 3 is 2.03 bits per heavy atom. The Balaban J connectivity index is 1.66. The summed E-state index contributed by atoms with van der Waals surface area (Å²) in [4.78, 5) is 2.60. The van der Waals surface area contributed by atoms with Crippen LogP contribution in [0.5, 0.6) is 23.0 Å². The highest BCUT2D eigenvalue weighted by atomic mass is 16.5. The number of nitrogens with one attached hydrogen (secondary N) is 1. The molecular weight excluding hydrogens is 384 g/mol. The van der Waals surface area contributed by atoms with Crippen LogP contribution in [-0.2, 0) is 0 Å². The monoisotopic (exact) mass is 416 g/mol. The zero-order valence-corrected chi connectivity index (χ0v) is 18.3. The molecule has 0 saturated carbocycles. The number of unbranched alkanes of at least 4 members (excludes halogenated alkanes) is 1. The molecule has 1 heterocycles. The summed E-state index contributed by atoms with van der Waals surface area (Å²) < 4.78 is 12.5. The first kappa shape index (κ1) is 21.4. The molecule has 0 aromatic heterocycles. The zero-order valence-electron chi connectivity index (χ0n) is 18.3. The molecule has 1 fully saturated rings. The highest BCUT2D eigenvalue weighted by Gasteiger charge is 2.23. The first-order valence-electron chi connectivity index (χ1n) is 11.4. The van der Waals surface area contributed by atoms with Gasteiger partial charge in [-0.1, -0.05) is 62.2 Å². The van der Waals surface area contributed by atoms with Gasteiger partial charge in [0, 0.05) is 32.2 Å². The van der Waals surface area contributed by atoms with Gasteiger partial charge in [0.25, 0.3) is 0 Å². The molecule has 0 unspecified atom stereocenters. The van der Waals surface area contributed by atoms with Crippen molar-refractivity contribution in [1.29, 1.82) is 0 Å². The van der Waals surface area contributed by atoms with E-state index in [-0.39, 0.29) is 0 Å². The minimum Gasteiger partial charge on any atom is -0.453 e.